The van der Waals surface area contributed by atoms with Crippen molar-refractivity contribution in [2.45, 2.75) is 18.9 Å². The molecule has 0 amide bonds. The first-order chi connectivity index (χ1) is 21.3. The summed E-state index contributed by atoms with van der Waals surface area (Å²) in [6.45, 7) is 2.33. The van der Waals surface area contributed by atoms with Crippen LogP contribution in [0, 0.1) is 11.8 Å². The van der Waals surface area contributed by atoms with Crippen molar-refractivity contribution in [2.75, 3.05) is 45.4 Å². The van der Waals surface area contributed by atoms with Crippen molar-refractivity contribution in [2.24, 2.45) is 11.8 Å². The van der Waals surface area contributed by atoms with E-state index in [1.54, 1.807) is 19.2 Å². The molecule has 1 aliphatic heterocycles. The number of fused-ring (bicyclic) bond motifs is 3. The Kier molecular flexibility index (Phi) is 8.74. The quantitative estimate of drug-likeness (QED) is 0.211. The lowest BCUT2D eigenvalue weighted by Crippen LogP contribution is -2.20. The lowest BCUT2D eigenvalue weighted by molar-refractivity contribution is 0.183. The van der Waals surface area contributed by atoms with Gasteiger partial charge in [-0.15, -0.1) is 0 Å². The molecule has 3 N–H and O–H groups in total. The van der Waals surface area contributed by atoms with Gasteiger partial charge in [0.25, 0.3) is 0 Å². The van der Waals surface area contributed by atoms with Gasteiger partial charge in [0.1, 0.15) is 18.0 Å². The van der Waals surface area contributed by atoms with Gasteiger partial charge in [-0.2, -0.15) is 9.97 Å². The molecule has 0 radical (unpaired) electrons. The van der Waals surface area contributed by atoms with Crippen LogP contribution in [-0.2, 0) is 0 Å². The second kappa shape index (κ2) is 12.9. The number of rotatable bonds is 6. The number of nitrogen functional groups attached to an aromatic ring is 1. The van der Waals surface area contributed by atoms with Crippen LogP contribution in [-0.4, -0.2) is 65.3 Å². The van der Waals surface area contributed by atoms with Crippen LogP contribution >= 0.6 is 23.2 Å². The van der Waals surface area contributed by atoms with Crippen molar-refractivity contribution < 1.29 is 14.2 Å². The normalized spacial score (nSPS) is 19.3. The van der Waals surface area contributed by atoms with Gasteiger partial charge in [0.15, 0.2) is 11.5 Å². The van der Waals surface area contributed by atoms with E-state index in [0.29, 0.717) is 33.4 Å². The van der Waals surface area contributed by atoms with Crippen molar-refractivity contribution in [3.8, 4) is 17.5 Å². The number of nitrogens with two attached hydrogens (primary N) is 1. The number of likely N-dealkylation sites (tertiary alicyclic amines) is 1. The van der Waals surface area contributed by atoms with Crippen molar-refractivity contribution in [1.82, 2.24) is 24.8 Å². The van der Waals surface area contributed by atoms with Crippen LogP contribution in [0.25, 0.3) is 21.8 Å². The Morgan fingerprint density at radius 2 is 1.61 bits per heavy atom. The molecule has 228 valence electrons. The number of anilines is 3. The van der Waals surface area contributed by atoms with Crippen LogP contribution < -0.4 is 25.3 Å². The van der Waals surface area contributed by atoms with Crippen LogP contribution in [0.2, 0.25) is 10.0 Å². The van der Waals surface area contributed by atoms with Gasteiger partial charge in [0, 0.05) is 35.6 Å². The molecule has 44 heavy (non-hydrogen) atoms. The number of nitrogens with zero attached hydrogens (tertiary/aromatic N) is 5. The van der Waals surface area contributed by atoms with E-state index in [0.717, 1.165) is 71.0 Å². The fraction of sp³-hybridized carbons (Fsp3) is 0.312. The van der Waals surface area contributed by atoms with Gasteiger partial charge in [-0.25, -0.2) is 9.97 Å². The minimum Gasteiger partial charge on any atom is -0.493 e. The first-order valence-electron chi connectivity index (χ1n) is 14.3. The SMILES string of the molecule is COc1cc2c(Nc3ccc(Cl)c(Cl)c3)ncnc2cc1OC1C[C@@H]2CN(C)C[C@@H]2C1.COc1nc(N)c2ccccc2n1. The Morgan fingerprint density at radius 3 is 2.34 bits per heavy atom. The van der Waals surface area contributed by atoms with Gasteiger partial charge in [-0.05, 0) is 68.1 Å². The highest BCUT2D eigenvalue weighted by molar-refractivity contribution is 6.42. The highest BCUT2D eigenvalue weighted by atomic mass is 35.5. The summed E-state index contributed by atoms with van der Waals surface area (Å²) >= 11 is 12.2. The van der Waals surface area contributed by atoms with Crippen molar-refractivity contribution in [3.63, 3.8) is 0 Å². The Balaban J connectivity index is 0.000000220. The topological polar surface area (TPSA) is 121 Å². The molecule has 2 fully saturated rings. The average Bonchev–Trinajstić information content (AvgIpc) is 3.55. The van der Waals surface area contributed by atoms with Crippen molar-refractivity contribution >= 4 is 62.3 Å². The number of benzene rings is 3. The van der Waals surface area contributed by atoms with Crippen molar-refractivity contribution in [3.05, 3.63) is 71.0 Å². The highest BCUT2D eigenvalue weighted by Gasteiger charge is 2.40. The molecule has 5 aromatic rings. The molecule has 1 unspecified atom stereocenters. The van der Waals surface area contributed by atoms with Gasteiger partial charge >= 0.3 is 6.01 Å². The Labute approximate surface area is 265 Å². The maximum Gasteiger partial charge on any atom is 0.318 e. The number of methoxy groups -OCH3 is 2. The third kappa shape index (κ3) is 6.38. The van der Waals surface area contributed by atoms with E-state index in [4.69, 9.17) is 43.1 Å². The Morgan fingerprint density at radius 1 is 0.841 bits per heavy atom. The Bertz CT molecular complexity index is 1790. The molecular weight excluding hydrogens is 601 g/mol. The molecule has 3 aromatic carbocycles. The number of ether oxygens (including phenoxy) is 3. The summed E-state index contributed by atoms with van der Waals surface area (Å²) in [7, 11) is 5.37. The van der Waals surface area contributed by atoms with E-state index in [9.17, 15) is 0 Å². The molecular formula is C32H33Cl2N7O3. The molecule has 7 rings (SSSR count). The second-order valence-corrected chi connectivity index (χ2v) is 11.9. The summed E-state index contributed by atoms with van der Waals surface area (Å²) in [6, 6.07) is 17.1. The number of aromatic nitrogens is 4. The number of nitrogens with one attached hydrogen (secondary N) is 1. The fourth-order valence-electron chi connectivity index (χ4n) is 6.05. The molecule has 12 heteroatoms. The molecule has 1 aliphatic carbocycles. The van der Waals surface area contributed by atoms with Gasteiger partial charge < -0.3 is 30.2 Å². The number of para-hydroxylation sites is 1. The van der Waals surface area contributed by atoms with E-state index in [1.807, 2.05) is 42.5 Å². The van der Waals surface area contributed by atoms with Crippen molar-refractivity contribution in [1.29, 1.82) is 0 Å². The zero-order valence-corrected chi connectivity index (χ0v) is 26.1. The van der Waals surface area contributed by atoms with E-state index in [1.165, 1.54) is 13.4 Å². The van der Waals surface area contributed by atoms with Gasteiger partial charge in [0.2, 0.25) is 0 Å². The zero-order valence-electron chi connectivity index (χ0n) is 24.6. The minimum atomic E-state index is 0.214. The van der Waals surface area contributed by atoms with Crippen LogP contribution in [0.15, 0.2) is 60.9 Å². The molecule has 0 bridgehead atoms. The van der Waals surface area contributed by atoms with Crippen LogP contribution in [0.1, 0.15) is 12.8 Å². The monoisotopic (exact) mass is 633 g/mol. The largest absolute Gasteiger partial charge is 0.493 e. The Hall–Kier alpha value is -4.12. The summed E-state index contributed by atoms with van der Waals surface area (Å²) in [5.41, 5.74) is 8.07. The molecule has 3 heterocycles. The van der Waals surface area contributed by atoms with Crippen LogP contribution in [0.3, 0.4) is 0 Å². The van der Waals surface area contributed by atoms with Crippen LogP contribution in [0.5, 0.6) is 17.5 Å². The number of halogens is 2. The summed E-state index contributed by atoms with van der Waals surface area (Å²) in [5, 5.41) is 5.96. The number of hydrogen-bond donors (Lipinski definition) is 2. The standard InChI is InChI=1S/C23H24Cl2N4O2.C9H9N3O/c1-29-10-13-5-16(6-14(13)11-29)31-22-9-20-17(8-21(22)30-2)23(27-12-26-20)28-15-3-4-18(24)19(25)7-15;1-13-9-11-7-5-3-2-4-6(7)8(10)12-9/h3-4,7-9,12-14,16H,5-6,10-11H2,1-2H3,(H,26,27,28);2-5H,1H3,(H2,10,11,12)/t13-,14+,16?;. The van der Waals surface area contributed by atoms with E-state index in [-0.39, 0.29) is 6.10 Å². The number of hydrogen-bond acceptors (Lipinski definition) is 10. The highest BCUT2D eigenvalue weighted by Crippen LogP contribution is 2.42. The first kappa shape index (κ1) is 29.9. The third-order valence-electron chi connectivity index (χ3n) is 8.08. The van der Waals surface area contributed by atoms with Gasteiger partial charge in [0.05, 0.1) is 41.4 Å². The van der Waals surface area contributed by atoms with Gasteiger partial charge in [-0.1, -0.05) is 35.3 Å². The van der Waals surface area contributed by atoms with Gasteiger partial charge in [-0.3, -0.25) is 0 Å². The van der Waals surface area contributed by atoms with E-state index in [2.05, 4.69) is 37.2 Å². The minimum absolute atomic E-state index is 0.214. The lowest BCUT2D eigenvalue weighted by atomic mass is 10.0. The first-order valence-corrected chi connectivity index (χ1v) is 15.0. The fourth-order valence-corrected chi connectivity index (χ4v) is 6.35. The summed E-state index contributed by atoms with van der Waals surface area (Å²) in [6.07, 6.45) is 3.92. The maximum absolute atomic E-state index is 6.41. The lowest BCUT2D eigenvalue weighted by Gasteiger charge is -2.19. The second-order valence-electron chi connectivity index (χ2n) is 11.1. The summed E-state index contributed by atoms with van der Waals surface area (Å²) in [5.74, 6) is 3.96. The molecule has 1 saturated heterocycles. The zero-order chi connectivity index (χ0) is 30.8. The van der Waals surface area contributed by atoms with E-state index >= 15 is 0 Å². The molecule has 2 aliphatic rings. The summed E-state index contributed by atoms with van der Waals surface area (Å²) in [4.78, 5) is 19.4. The van der Waals surface area contributed by atoms with Crippen LogP contribution in [0.4, 0.5) is 17.3 Å². The molecule has 3 atom stereocenters. The molecule has 0 spiro atoms. The average molecular weight is 635 g/mol. The predicted octanol–water partition coefficient (Wildman–Crippen LogP) is 6.63. The molecule has 2 aromatic heterocycles. The maximum atomic E-state index is 6.41. The summed E-state index contributed by atoms with van der Waals surface area (Å²) < 4.78 is 17.0. The van der Waals surface area contributed by atoms with E-state index < -0.39 is 0 Å². The molecule has 1 saturated carbocycles. The predicted molar refractivity (Wildman–Crippen MR) is 174 cm³/mol. The third-order valence-corrected chi connectivity index (χ3v) is 8.82. The molecule has 10 nitrogen and oxygen atoms in total. The smallest absolute Gasteiger partial charge is 0.318 e.